The van der Waals surface area contributed by atoms with Gasteiger partial charge in [-0.05, 0) is 18.6 Å². The monoisotopic (exact) mass is 179 g/mol. The molecule has 0 unspecified atom stereocenters. The van der Waals surface area contributed by atoms with Crippen LogP contribution in [0.1, 0.15) is 24.5 Å². The highest BCUT2D eigenvalue weighted by atomic mass is 16.5. The summed E-state index contributed by atoms with van der Waals surface area (Å²) in [4.78, 5) is 14.8. The average molecular weight is 179 g/mol. The highest BCUT2D eigenvalue weighted by molar-refractivity contribution is 5.68. The van der Waals surface area contributed by atoms with Gasteiger partial charge in [0.05, 0.1) is 0 Å². The molecule has 0 spiro atoms. The topological polar surface area (TPSA) is 39.2 Å². The number of ether oxygens (including phenoxy) is 1. The van der Waals surface area contributed by atoms with Crippen molar-refractivity contribution in [2.75, 3.05) is 0 Å². The lowest BCUT2D eigenvalue weighted by Gasteiger charge is -2.02. The van der Waals surface area contributed by atoms with Crippen LogP contribution in [-0.2, 0) is 16.1 Å². The minimum atomic E-state index is -0.179. The van der Waals surface area contributed by atoms with Crippen LogP contribution in [0.3, 0.4) is 0 Å². The van der Waals surface area contributed by atoms with Crippen LogP contribution in [-0.4, -0.2) is 11.0 Å². The van der Waals surface area contributed by atoms with Crippen molar-refractivity contribution in [1.29, 1.82) is 0 Å². The Kier molecular flexibility index (Phi) is 3.43. The largest absolute Gasteiger partial charge is 0.461 e. The zero-order chi connectivity index (χ0) is 9.68. The Morgan fingerprint density at radius 1 is 1.54 bits per heavy atom. The van der Waals surface area contributed by atoms with Crippen molar-refractivity contribution in [1.82, 2.24) is 4.98 Å². The van der Waals surface area contributed by atoms with Gasteiger partial charge in [0, 0.05) is 24.4 Å². The van der Waals surface area contributed by atoms with E-state index in [9.17, 15) is 4.79 Å². The molecule has 0 aliphatic carbocycles. The first-order chi connectivity index (χ1) is 6.22. The summed E-state index contributed by atoms with van der Waals surface area (Å²) in [6.07, 6.45) is 3.89. The summed E-state index contributed by atoms with van der Waals surface area (Å²) in [5.41, 5.74) is 2.01. The Balaban J connectivity index is 2.50. The van der Waals surface area contributed by atoms with E-state index in [1.54, 1.807) is 19.3 Å². The third-order valence-electron chi connectivity index (χ3n) is 1.62. The van der Waals surface area contributed by atoms with E-state index in [0.717, 1.165) is 11.1 Å². The third kappa shape index (κ3) is 3.23. The van der Waals surface area contributed by atoms with Gasteiger partial charge in [-0.25, -0.2) is 0 Å². The zero-order valence-corrected chi connectivity index (χ0v) is 7.91. The predicted octanol–water partition coefficient (Wildman–Crippen LogP) is 1.84. The first-order valence-corrected chi connectivity index (χ1v) is 4.28. The fraction of sp³-hybridized carbons (Fsp3) is 0.400. The molecule has 0 aliphatic rings. The molecule has 1 rings (SSSR count). The van der Waals surface area contributed by atoms with Gasteiger partial charge in [0.25, 0.3) is 0 Å². The summed E-state index contributed by atoms with van der Waals surface area (Å²) in [6, 6.07) is 1.95. The summed E-state index contributed by atoms with van der Waals surface area (Å²) >= 11 is 0. The van der Waals surface area contributed by atoms with Gasteiger partial charge in [-0.15, -0.1) is 0 Å². The van der Waals surface area contributed by atoms with Gasteiger partial charge < -0.3 is 4.74 Å². The molecule has 0 amide bonds. The van der Waals surface area contributed by atoms with Gasteiger partial charge in [0.15, 0.2) is 0 Å². The fourth-order valence-electron chi connectivity index (χ4n) is 0.962. The summed E-state index contributed by atoms with van der Waals surface area (Å²) < 4.78 is 4.95. The molecule has 0 saturated carbocycles. The molecule has 0 saturated heterocycles. The first-order valence-electron chi connectivity index (χ1n) is 4.28. The van der Waals surface area contributed by atoms with E-state index in [1.165, 1.54) is 0 Å². The maximum absolute atomic E-state index is 10.8. The van der Waals surface area contributed by atoms with E-state index in [1.807, 2.05) is 13.0 Å². The molecule has 3 heteroatoms. The predicted molar refractivity (Wildman–Crippen MR) is 49.1 cm³/mol. The van der Waals surface area contributed by atoms with Gasteiger partial charge in [-0.3, -0.25) is 9.78 Å². The van der Waals surface area contributed by atoms with Crippen molar-refractivity contribution < 1.29 is 9.53 Å². The highest BCUT2D eigenvalue weighted by Gasteiger charge is 1.99. The molecule has 0 bridgehead atoms. The number of hydrogen-bond donors (Lipinski definition) is 0. The maximum atomic E-state index is 10.8. The van der Waals surface area contributed by atoms with Crippen LogP contribution < -0.4 is 0 Å². The van der Waals surface area contributed by atoms with E-state index in [0.29, 0.717) is 13.0 Å². The van der Waals surface area contributed by atoms with Gasteiger partial charge in [0.1, 0.15) is 6.61 Å². The van der Waals surface area contributed by atoms with Crippen LogP contribution in [0.2, 0.25) is 0 Å². The van der Waals surface area contributed by atoms with Crippen molar-refractivity contribution in [2.24, 2.45) is 0 Å². The molecule has 0 aliphatic heterocycles. The van der Waals surface area contributed by atoms with Crippen LogP contribution in [0.25, 0.3) is 0 Å². The van der Waals surface area contributed by atoms with E-state index in [4.69, 9.17) is 4.74 Å². The van der Waals surface area contributed by atoms with E-state index < -0.39 is 0 Å². The molecule has 0 N–H and O–H groups in total. The Labute approximate surface area is 77.8 Å². The second kappa shape index (κ2) is 4.60. The second-order valence-electron chi connectivity index (χ2n) is 2.88. The van der Waals surface area contributed by atoms with Crippen LogP contribution in [0.5, 0.6) is 0 Å². The molecule has 0 atom stereocenters. The normalized spacial score (nSPS) is 9.69. The molecular formula is C10H13NO2. The van der Waals surface area contributed by atoms with Crippen LogP contribution in [0.15, 0.2) is 18.5 Å². The Morgan fingerprint density at radius 3 is 2.92 bits per heavy atom. The number of carbonyl (C=O) groups excluding carboxylic acids is 1. The molecule has 1 heterocycles. The van der Waals surface area contributed by atoms with Crippen molar-refractivity contribution in [3.63, 3.8) is 0 Å². The summed E-state index contributed by atoms with van der Waals surface area (Å²) in [6.45, 7) is 4.05. The van der Waals surface area contributed by atoms with Gasteiger partial charge in [-0.1, -0.05) is 6.92 Å². The van der Waals surface area contributed by atoms with Crippen molar-refractivity contribution >= 4 is 5.97 Å². The third-order valence-corrected chi connectivity index (χ3v) is 1.62. The molecule has 70 valence electrons. The molecule has 1 aromatic heterocycles. The number of aryl methyl sites for hydroxylation is 1. The highest BCUT2D eigenvalue weighted by Crippen LogP contribution is 2.03. The molecule has 0 radical (unpaired) electrons. The minimum absolute atomic E-state index is 0.179. The lowest BCUT2D eigenvalue weighted by atomic mass is 10.2. The number of carbonyl (C=O) groups is 1. The van der Waals surface area contributed by atoms with Crippen LogP contribution in [0, 0.1) is 6.92 Å². The first kappa shape index (κ1) is 9.71. The van der Waals surface area contributed by atoms with Crippen LogP contribution >= 0.6 is 0 Å². The quantitative estimate of drug-likeness (QED) is 0.664. The smallest absolute Gasteiger partial charge is 0.305 e. The SMILES string of the molecule is CCC(=O)OCc1cncc(C)c1. The molecule has 3 nitrogen and oxygen atoms in total. The van der Waals surface area contributed by atoms with E-state index in [2.05, 4.69) is 4.98 Å². The maximum Gasteiger partial charge on any atom is 0.305 e. The van der Waals surface area contributed by atoms with Crippen molar-refractivity contribution in [3.05, 3.63) is 29.6 Å². The van der Waals surface area contributed by atoms with Gasteiger partial charge in [-0.2, -0.15) is 0 Å². The van der Waals surface area contributed by atoms with Gasteiger partial charge >= 0.3 is 5.97 Å². The minimum Gasteiger partial charge on any atom is -0.461 e. The van der Waals surface area contributed by atoms with Gasteiger partial charge in [0.2, 0.25) is 0 Å². The molecular weight excluding hydrogens is 166 g/mol. The number of hydrogen-bond acceptors (Lipinski definition) is 3. The number of nitrogens with zero attached hydrogens (tertiary/aromatic N) is 1. The molecule has 13 heavy (non-hydrogen) atoms. The number of esters is 1. The lowest BCUT2D eigenvalue weighted by molar-refractivity contribution is -0.144. The van der Waals surface area contributed by atoms with Crippen LogP contribution in [0.4, 0.5) is 0 Å². The Morgan fingerprint density at radius 2 is 2.31 bits per heavy atom. The lowest BCUT2D eigenvalue weighted by Crippen LogP contribution is -2.02. The Bertz CT molecular complexity index is 297. The second-order valence-corrected chi connectivity index (χ2v) is 2.88. The van der Waals surface area contributed by atoms with E-state index >= 15 is 0 Å². The Hall–Kier alpha value is -1.38. The van der Waals surface area contributed by atoms with E-state index in [-0.39, 0.29) is 5.97 Å². The van der Waals surface area contributed by atoms with Crippen molar-refractivity contribution in [2.45, 2.75) is 26.9 Å². The molecule has 1 aromatic rings. The summed E-state index contributed by atoms with van der Waals surface area (Å²) in [5, 5.41) is 0. The number of pyridine rings is 1. The summed E-state index contributed by atoms with van der Waals surface area (Å²) in [7, 11) is 0. The molecule has 0 fully saturated rings. The number of aromatic nitrogens is 1. The fourth-order valence-corrected chi connectivity index (χ4v) is 0.962. The average Bonchev–Trinajstić information content (AvgIpc) is 2.14. The number of rotatable bonds is 3. The summed E-state index contributed by atoms with van der Waals surface area (Å²) in [5.74, 6) is -0.179. The van der Waals surface area contributed by atoms with Crippen molar-refractivity contribution in [3.8, 4) is 0 Å². The zero-order valence-electron chi connectivity index (χ0n) is 7.91. The standard InChI is InChI=1S/C10H13NO2/c1-3-10(12)13-7-9-4-8(2)5-11-6-9/h4-6H,3,7H2,1-2H3. The molecule has 0 aromatic carbocycles.